The summed E-state index contributed by atoms with van der Waals surface area (Å²) in [5, 5.41) is 9.73. The predicted molar refractivity (Wildman–Crippen MR) is 68.3 cm³/mol. The van der Waals surface area contributed by atoms with Gasteiger partial charge in [0.15, 0.2) is 0 Å². The van der Waals surface area contributed by atoms with E-state index in [1.54, 1.807) is 25.3 Å². The van der Waals surface area contributed by atoms with Gasteiger partial charge in [-0.05, 0) is 23.6 Å². The third-order valence-electron chi connectivity index (χ3n) is 2.50. The number of rotatable bonds is 2. The molecule has 0 saturated carbocycles. The summed E-state index contributed by atoms with van der Waals surface area (Å²) < 4.78 is 5.11. The second kappa shape index (κ2) is 5.41. The van der Waals surface area contributed by atoms with Crippen molar-refractivity contribution in [2.24, 2.45) is 11.1 Å². The normalized spacial score (nSPS) is 12.8. The van der Waals surface area contributed by atoms with Crippen molar-refractivity contribution in [3.63, 3.8) is 0 Å². The molecule has 92 valence electrons. The van der Waals surface area contributed by atoms with E-state index >= 15 is 0 Å². The number of hydrogen-bond acceptors (Lipinski definition) is 3. The zero-order valence-electron chi connectivity index (χ0n) is 10.2. The van der Waals surface area contributed by atoms with Gasteiger partial charge >= 0.3 is 0 Å². The lowest BCUT2D eigenvalue weighted by Gasteiger charge is -2.28. The molecule has 0 heterocycles. The van der Waals surface area contributed by atoms with Gasteiger partial charge in [0.1, 0.15) is 11.5 Å². The Morgan fingerprint density at radius 1 is 1.31 bits per heavy atom. The van der Waals surface area contributed by atoms with Gasteiger partial charge in [-0.3, -0.25) is 0 Å². The molecule has 1 rings (SSSR count). The highest BCUT2D eigenvalue weighted by Gasteiger charge is 2.24. The smallest absolute Gasteiger partial charge is 0.120 e. The molecule has 3 nitrogen and oxygen atoms in total. The molecule has 0 aliphatic heterocycles. The number of phenols is 1. The Bertz CT molecular complexity index is 347. The molecule has 3 N–H and O–H groups in total. The number of benzene rings is 1. The van der Waals surface area contributed by atoms with Crippen molar-refractivity contribution in [3.05, 3.63) is 23.8 Å². The molecule has 0 aromatic heterocycles. The SMILES string of the molecule is COc1ccc(O)c([C@H](N)C(C)(C)C)c1.Cl. The summed E-state index contributed by atoms with van der Waals surface area (Å²) in [4.78, 5) is 0. The maximum atomic E-state index is 9.73. The van der Waals surface area contributed by atoms with E-state index in [0.717, 1.165) is 5.56 Å². The minimum Gasteiger partial charge on any atom is -0.508 e. The zero-order chi connectivity index (χ0) is 11.6. The number of ether oxygens (including phenoxy) is 1. The lowest BCUT2D eigenvalue weighted by atomic mass is 9.82. The van der Waals surface area contributed by atoms with Crippen molar-refractivity contribution in [3.8, 4) is 11.5 Å². The quantitative estimate of drug-likeness (QED) is 0.843. The number of methoxy groups -OCH3 is 1. The van der Waals surface area contributed by atoms with E-state index in [-0.39, 0.29) is 29.6 Å². The largest absolute Gasteiger partial charge is 0.508 e. The predicted octanol–water partition coefficient (Wildman–Crippen LogP) is 2.87. The number of aromatic hydroxyl groups is 1. The Balaban J connectivity index is 0.00000225. The molecule has 0 aliphatic rings. The first-order valence-electron chi connectivity index (χ1n) is 4.98. The van der Waals surface area contributed by atoms with Gasteiger partial charge < -0.3 is 15.6 Å². The van der Waals surface area contributed by atoms with Gasteiger partial charge in [-0.25, -0.2) is 0 Å². The molecule has 1 atom stereocenters. The first-order chi connectivity index (χ1) is 6.86. The summed E-state index contributed by atoms with van der Waals surface area (Å²) in [6.07, 6.45) is 0. The van der Waals surface area contributed by atoms with Gasteiger partial charge in [-0.2, -0.15) is 0 Å². The van der Waals surface area contributed by atoms with Crippen molar-refractivity contribution in [2.45, 2.75) is 26.8 Å². The van der Waals surface area contributed by atoms with Crippen molar-refractivity contribution < 1.29 is 9.84 Å². The molecule has 0 fully saturated rings. The number of nitrogens with two attached hydrogens (primary N) is 1. The second-order valence-electron chi connectivity index (χ2n) is 4.77. The van der Waals surface area contributed by atoms with Crippen LogP contribution in [-0.4, -0.2) is 12.2 Å². The fourth-order valence-corrected chi connectivity index (χ4v) is 1.38. The summed E-state index contributed by atoms with van der Waals surface area (Å²) in [5.41, 5.74) is 6.71. The van der Waals surface area contributed by atoms with Crippen LogP contribution in [-0.2, 0) is 0 Å². The summed E-state index contributed by atoms with van der Waals surface area (Å²) in [6.45, 7) is 6.11. The maximum Gasteiger partial charge on any atom is 0.120 e. The van der Waals surface area contributed by atoms with Crippen LogP contribution < -0.4 is 10.5 Å². The van der Waals surface area contributed by atoms with Gasteiger partial charge in [0.05, 0.1) is 7.11 Å². The molecule has 16 heavy (non-hydrogen) atoms. The zero-order valence-corrected chi connectivity index (χ0v) is 11.0. The molecule has 4 heteroatoms. The Labute approximate surface area is 103 Å². The molecule has 1 aromatic rings. The average Bonchev–Trinajstić information content (AvgIpc) is 2.16. The van der Waals surface area contributed by atoms with Gasteiger partial charge in [-0.1, -0.05) is 20.8 Å². The van der Waals surface area contributed by atoms with Crippen LogP contribution in [0, 0.1) is 5.41 Å². The van der Waals surface area contributed by atoms with Crippen LogP contribution in [0.3, 0.4) is 0 Å². The molecule has 0 aliphatic carbocycles. The van der Waals surface area contributed by atoms with Crippen molar-refractivity contribution in [1.82, 2.24) is 0 Å². The van der Waals surface area contributed by atoms with Crippen LogP contribution in [0.25, 0.3) is 0 Å². The summed E-state index contributed by atoms with van der Waals surface area (Å²) in [7, 11) is 1.60. The van der Waals surface area contributed by atoms with Crippen LogP contribution in [0.2, 0.25) is 0 Å². The van der Waals surface area contributed by atoms with Crippen LogP contribution in [0.15, 0.2) is 18.2 Å². The molecule has 0 bridgehead atoms. The van der Waals surface area contributed by atoms with E-state index in [4.69, 9.17) is 10.5 Å². The number of hydrogen-bond donors (Lipinski definition) is 2. The molecule has 0 spiro atoms. The van der Waals surface area contributed by atoms with Gasteiger partial charge in [0.2, 0.25) is 0 Å². The first-order valence-corrected chi connectivity index (χ1v) is 4.98. The summed E-state index contributed by atoms with van der Waals surface area (Å²) >= 11 is 0. The van der Waals surface area contributed by atoms with Gasteiger partial charge in [-0.15, -0.1) is 12.4 Å². The Morgan fingerprint density at radius 3 is 2.31 bits per heavy atom. The number of phenolic OH excluding ortho intramolecular Hbond substituents is 1. The van der Waals surface area contributed by atoms with E-state index in [9.17, 15) is 5.11 Å². The van der Waals surface area contributed by atoms with Crippen LogP contribution in [0.5, 0.6) is 11.5 Å². The van der Waals surface area contributed by atoms with Crippen molar-refractivity contribution in [1.29, 1.82) is 0 Å². The molecule has 1 aromatic carbocycles. The maximum absolute atomic E-state index is 9.73. The molecular weight excluding hydrogens is 226 g/mol. The van der Waals surface area contributed by atoms with Crippen LogP contribution >= 0.6 is 12.4 Å². The highest BCUT2D eigenvalue weighted by Crippen LogP contribution is 2.36. The molecule has 0 amide bonds. The molecule has 0 radical (unpaired) electrons. The summed E-state index contributed by atoms with van der Waals surface area (Å²) in [5.74, 6) is 0.931. The molecular formula is C12H20ClNO2. The fraction of sp³-hybridized carbons (Fsp3) is 0.500. The van der Waals surface area contributed by atoms with Crippen LogP contribution in [0.4, 0.5) is 0 Å². The molecule has 0 saturated heterocycles. The van der Waals surface area contributed by atoms with E-state index in [0.29, 0.717) is 5.75 Å². The highest BCUT2D eigenvalue weighted by molar-refractivity contribution is 5.85. The average molecular weight is 246 g/mol. The summed E-state index contributed by atoms with van der Waals surface area (Å²) in [6, 6.07) is 4.90. The van der Waals surface area contributed by atoms with Crippen molar-refractivity contribution in [2.75, 3.05) is 7.11 Å². The fourth-order valence-electron chi connectivity index (χ4n) is 1.38. The first kappa shape index (κ1) is 15.1. The second-order valence-corrected chi connectivity index (χ2v) is 4.77. The lowest BCUT2D eigenvalue weighted by molar-refractivity contribution is 0.316. The topological polar surface area (TPSA) is 55.5 Å². The van der Waals surface area contributed by atoms with Crippen LogP contribution in [0.1, 0.15) is 32.4 Å². The van der Waals surface area contributed by atoms with E-state index in [2.05, 4.69) is 0 Å². The Morgan fingerprint density at radius 2 is 1.88 bits per heavy atom. The van der Waals surface area contributed by atoms with E-state index in [1.165, 1.54) is 0 Å². The van der Waals surface area contributed by atoms with E-state index in [1.807, 2.05) is 20.8 Å². The van der Waals surface area contributed by atoms with Gasteiger partial charge in [0, 0.05) is 11.6 Å². The van der Waals surface area contributed by atoms with Crippen molar-refractivity contribution >= 4 is 12.4 Å². The molecule has 0 unspecified atom stereocenters. The third kappa shape index (κ3) is 3.29. The minimum absolute atomic E-state index is 0. The minimum atomic E-state index is -0.215. The third-order valence-corrected chi connectivity index (χ3v) is 2.50. The highest BCUT2D eigenvalue weighted by atomic mass is 35.5. The van der Waals surface area contributed by atoms with Gasteiger partial charge in [0.25, 0.3) is 0 Å². The monoisotopic (exact) mass is 245 g/mol. The number of halogens is 1. The lowest BCUT2D eigenvalue weighted by Crippen LogP contribution is -2.26. The standard InChI is InChI=1S/C12H19NO2.ClH/c1-12(2,3)11(13)9-7-8(15-4)5-6-10(9)14;/h5-7,11,14H,13H2,1-4H3;1H/t11-;/m0./s1. The Hall–Kier alpha value is -0.930. The Kier molecular flexibility index (Phi) is 5.10. The van der Waals surface area contributed by atoms with E-state index < -0.39 is 0 Å².